The number of allylic oxidation sites excluding steroid dienone is 5. The maximum absolute atomic E-state index is 12.0. The third-order valence-electron chi connectivity index (χ3n) is 9.05. The van der Waals surface area contributed by atoms with Crippen LogP contribution >= 0.6 is 0 Å². The minimum absolute atomic E-state index is 0.133. The van der Waals surface area contributed by atoms with Gasteiger partial charge in [0.15, 0.2) is 0 Å². The lowest BCUT2D eigenvalue weighted by Gasteiger charge is -2.12. The number of carbonyl (C=O) groups is 2. The molecular weight excluding hydrogens is 600 g/mol. The lowest BCUT2D eigenvalue weighted by atomic mass is 10.0. The SMILES string of the molecule is CCCCCCCCCCCCCCCCCCC(=O)OC[C@@H](O)COC(=O)CCC/C=C\C/C=C\C/C=C\CC1OC1CCCCC. The highest BCUT2D eigenvalue weighted by Gasteiger charge is 2.36. The average molecular weight is 675 g/mol. The van der Waals surface area contributed by atoms with Crippen molar-refractivity contribution in [3.8, 4) is 0 Å². The van der Waals surface area contributed by atoms with Crippen molar-refractivity contribution in [1.82, 2.24) is 0 Å². The van der Waals surface area contributed by atoms with Gasteiger partial charge in [0.25, 0.3) is 0 Å². The Bertz CT molecular complexity index is 834. The Morgan fingerprint density at radius 1 is 0.562 bits per heavy atom. The van der Waals surface area contributed by atoms with Crippen LogP contribution in [-0.4, -0.2) is 48.6 Å². The van der Waals surface area contributed by atoms with Crippen LogP contribution < -0.4 is 0 Å². The standard InChI is InChI=1S/C42H74O6/c1-3-5-7-8-9-10-11-12-13-14-15-16-20-23-26-30-34-41(44)46-36-38(43)37-47-42(45)35-31-27-24-21-18-17-19-22-25-29-33-40-39(48-40)32-28-6-4-2/h17,19,21,24-25,29,38-40,43H,3-16,18,20,22-23,26-28,30-37H2,1-2H3/b19-17-,24-21-,29-25-/t38-,39?,40?/m1/s1. The number of unbranched alkanes of at least 4 members (excludes halogenated alkanes) is 18. The summed E-state index contributed by atoms with van der Waals surface area (Å²) in [6.45, 7) is 4.23. The van der Waals surface area contributed by atoms with Gasteiger partial charge in [-0.1, -0.05) is 166 Å². The summed E-state index contributed by atoms with van der Waals surface area (Å²) in [5.74, 6) is -0.629. The molecule has 1 fully saturated rings. The van der Waals surface area contributed by atoms with E-state index in [1.165, 1.54) is 109 Å². The van der Waals surface area contributed by atoms with Gasteiger partial charge < -0.3 is 19.3 Å². The van der Waals surface area contributed by atoms with E-state index >= 15 is 0 Å². The van der Waals surface area contributed by atoms with E-state index in [9.17, 15) is 14.7 Å². The second-order valence-electron chi connectivity index (χ2n) is 13.8. The molecule has 0 aromatic heterocycles. The molecule has 2 unspecified atom stereocenters. The van der Waals surface area contributed by atoms with E-state index in [2.05, 4.69) is 50.3 Å². The Hall–Kier alpha value is -1.92. The molecule has 48 heavy (non-hydrogen) atoms. The molecule has 1 aliphatic heterocycles. The predicted molar refractivity (Wildman–Crippen MR) is 200 cm³/mol. The Morgan fingerprint density at radius 3 is 1.54 bits per heavy atom. The minimum atomic E-state index is -0.986. The summed E-state index contributed by atoms with van der Waals surface area (Å²) in [4.78, 5) is 23.9. The Balaban J connectivity index is 1.84. The van der Waals surface area contributed by atoms with E-state index < -0.39 is 6.10 Å². The van der Waals surface area contributed by atoms with Crippen LogP contribution in [0, 0.1) is 0 Å². The molecule has 1 rings (SSSR count). The Morgan fingerprint density at radius 2 is 1.00 bits per heavy atom. The molecule has 0 bridgehead atoms. The Kier molecular flexibility index (Phi) is 30.8. The maximum Gasteiger partial charge on any atom is 0.305 e. The van der Waals surface area contributed by atoms with Crippen LogP contribution in [0.5, 0.6) is 0 Å². The largest absolute Gasteiger partial charge is 0.463 e. The number of aliphatic hydroxyl groups excluding tert-OH is 1. The summed E-state index contributed by atoms with van der Waals surface area (Å²) in [7, 11) is 0. The van der Waals surface area contributed by atoms with Crippen LogP contribution in [-0.2, 0) is 23.8 Å². The number of rotatable bonds is 35. The zero-order chi connectivity index (χ0) is 34.8. The highest BCUT2D eigenvalue weighted by Crippen LogP contribution is 2.30. The fourth-order valence-corrected chi connectivity index (χ4v) is 5.88. The van der Waals surface area contributed by atoms with Gasteiger partial charge in [-0.05, 0) is 44.9 Å². The average Bonchev–Trinajstić information content (AvgIpc) is 3.84. The van der Waals surface area contributed by atoms with Gasteiger partial charge in [0.1, 0.15) is 19.3 Å². The minimum Gasteiger partial charge on any atom is -0.463 e. The van der Waals surface area contributed by atoms with Crippen molar-refractivity contribution in [2.45, 2.75) is 206 Å². The van der Waals surface area contributed by atoms with Crippen molar-refractivity contribution < 1.29 is 28.9 Å². The lowest BCUT2D eigenvalue weighted by Crippen LogP contribution is -2.25. The first-order valence-electron chi connectivity index (χ1n) is 20.2. The number of hydrogen-bond acceptors (Lipinski definition) is 6. The molecule has 3 atom stereocenters. The molecule has 0 aromatic carbocycles. The first kappa shape index (κ1) is 44.1. The second kappa shape index (κ2) is 33.6. The first-order chi connectivity index (χ1) is 23.6. The van der Waals surface area contributed by atoms with E-state index in [1.54, 1.807) is 0 Å². The van der Waals surface area contributed by atoms with Crippen LogP contribution in [0.4, 0.5) is 0 Å². The third kappa shape index (κ3) is 30.2. The van der Waals surface area contributed by atoms with Gasteiger partial charge in [-0.15, -0.1) is 0 Å². The summed E-state index contributed by atoms with van der Waals surface area (Å²) >= 11 is 0. The zero-order valence-electron chi connectivity index (χ0n) is 31.2. The fraction of sp³-hybridized carbons (Fsp3) is 0.810. The molecule has 0 saturated carbocycles. The number of aliphatic hydroxyl groups is 1. The normalized spacial score (nSPS) is 16.7. The zero-order valence-corrected chi connectivity index (χ0v) is 31.2. The van der Waals surface area contributed by atoms with Gasteiger partial charge >= 0.3 is 11.9 Å². The number of epoxide rings is 1. The van der Waals surface area contributed by atoms with Crippen LogP contribution in [0.3, 0.4) is 0 Å². The second-order valence-corrected chi connectivity index (χ2v) is 13.8. The number of hydrogen-bond donors (Lipinski definition) is 1. The molecule has 278 valence electrons. The molecule has 1 heterocycles. The summed E-state index contributed by atoms with van der Waals surface area (Å²) in [6.07, 6.45) is 43.8. The smallest absolute Gasteiger partial charge is 0.305 e. The van der Waals surface area contributed by atoms with E-state index in [4.69, 9.17) is 14.2 Å². The highest BCUT2D eigenvalue weighted by atomic mass is 16.6. The number of ether oxygens (including phenoxy) is 3. The molecule has 0 aromatic rings. The van der Waals surface area contributed by atoms with Crippen molar-refractivity contribution in [2.24, 2.45) is 0 Å². The molecular formula is C42H74O6. The molecule has 1 N–H and O–H groups in total. The lowest BCUT2D eigenvalue weighted by molar-refractivity contribution is -0.152. The van der Waals surface area contributed by atoms with Crippen LogP contribution in [0.15, 0.2) is 36.5 Å². The van der Waals surface area contributed by atoms with Gasteiger partial charge in [-0.2, -0.15) is 0 Å². The molecule has 6 nitrogen and oxygen atoms in total. The topological polar surface area (TPSA) is 85.4 Å². The maximum atomic E-state index is 12.0. The van der Waals surface area contributed by atoms with Crippen molar-refractivity contribution in [3.05, 3.63) is 36.5 Å². The summed E-state index contributed by atoms with van der Waals surface area (Å²) in [6, 6.07) is 0. The fourth-order valence-electron chi connectivity index (χ4n) is 5.88. The van der Waals surface area contributed by atoms with Gasteiger partial charge in [0, 0.05) is 12.8 Å². The van der Waals surface area contributed by atoms with Crippen LogP contribution in [0.2, 0.25) is 0 Å². The van der Waals surface area contributed by atoms with E-state index in [0.29, 0.717) is 31.5 Å². The van der Waals surface area contributed by atoms with Crippen LogP contribution in [0.1, 0.15) is 187 Å². The van der Waals surface area contributed by atoms with Gasteiger partial charge in [-0.25, -0.2) is 0 Å². The quantitative estimate of drug-likeness (QED) is 0.0312. The van der Waals surface area contributed by atoms with E-state index in [1.807, 2.05) is 0 Å². The van der Waals surface area contributed by atoms with Crippen molar-refractivity contribution in [3.63, 3.8) is 0 Å². The Labute approximate surface area is 295 Å². The molecule has 0 aliphatic carbocycles. The van der Waals surface area contributed by atoms with Crippen molar-refractivity contribution in [2.75, 3.05) is 13.2 Å². The van der Waals surface area contributed by atoms with Crippen LogP contribution in [0.25, 0.3) is 0 Å². The monoisotopic (exact) mass is 675 g/mol. The third-order valence-corrected chi connectivity index (χ3v) is 9.05. The summed E-state index contributed by atoms with van der Waals surface area (Å²) < 4.78 is 16.0. The number of carbonyl (C=O) groups excluding carboxylic acids is 2. The predicted octanol–water partition coefficient (Wildman–Crippen LogP) is 11.4. The molecule has 0 spiro atoms. The molecule has 0 amide bonds. The molecule has 1 saturated heterocycles. The van der Waals surface area contributed by atoms with Gasteiger partial charge in [-0.3, -0.25) is 9.59 Å². The van der Waals surface area contributed by atoms with Crippen molar-refractivity contribution >= 4 is 11.9 Å². The number of esters is 2. The summed E-state index contributed by atoms with van der Waals surface area (Å²) in [5, 5.41) is 10.0. The molecule has 6 heteroatoms. The molecule has 0 radical (unpaired) electrons. The van der Waals surface area contributed by atoms with Gasteiger partial charge in [0.2, 0.25) is 0 Å². The first-order valence-corrected chi connectivity index (χ1v) is 20.2. The van der Waals surface area contributed by atoms with Gasteiger partial charge in [0.05, 0.1) is 12.2 Å². The highest BCUT2D eigenvalue weighted by molar-refractivity contribution is 5.69. The van der Waals surface area contributed by atoms with E-state index in [0.717, 1.165) is 44.9 Å². The summed E-state index contributed by atoms with van der Waals surface area (Å²) in [5.41, 5.74) is 0. The van der Waals surface area contributed by atoms with Crippen molar-refractivity contribution in [1.29, 1.82) is 0 Å². The van der Waals surface area contributed by atoms with E-state index in [-0.39, 0.29) is 25.2 Å². The molecule has 1 aliphatic rings.